The van der Waals surface area contributed by atoms with Crippen LogP contribution in [0.5, 0.6) is 0 Å². The number of unbranched alkanes of at least 4 members (excludes halogenated alkanes) is 21. The first-order valence-corrected chi connectivity index (χ1v) is 30.0. The number of quaternary nitrogens is 1. The minimum absolute atomic E-state index is 0.133. The Kier molecular flexibility index (Phi) is 53.1. The van der Waals surface area contributed by atoms with Crippen molar-refractivity contribution in [2.75, 3.05) is 47.5 Å². The van der Waals surface area contributed by atoms with Gasteiger partial charge in [-0.25, -0.2) is 0 Å². The van der Waals surface area contributed by atoms with Crippen molar-refractivity contribution < 1.29 is 42.9 Å². The molecule has 0 aromatic heterocycles. The van der Waals surface area contributed by atoms with E-state index < -0.39 is 24.3 Å². The SMILES string of the molecule is CC/C=C\C/C=C\C/C=C\C/C=C\C/C=C\CCCC(=O)OC(COC(=O)CCCCCCCCCCCCCCCCCCCCCC/C=C\C/C=C\C/C=C\C/C=C\CC)COC(OCC[N+](C)(C)C)C(=O)[O-]. The molecule has 0 aromatic carbocycles. The van der Waals surface area contributed by atoms with E-state index in [1.54, 1.807) is 0 Å². The number of nitrogens with zero attached hydrogens (tertiary/aromatic N) is 1. The molecular weight excluding hydrogens is 935 g/mol. The van der Waals surface area contributed by atoms with Gasteiger partial charge >= 0.3 is 11.9 Å². The number of rotatable bonds is 54. The zero-order valence-electron chi connectivity index (χ0n) is 48.6. The standard InChI is InChI=1S/C66H111NO8/c1-6-8-10-12-14-16-18-20-22-24-25-26-27-28-29-30-31-32-33-34-35-36-37-38-39-41-42-44-46-48-50-52-54-56-63(68)73-60-62(61-74-66(65(70)71)72-59-58-67(3,4)5)75-64(69)57-55-53-51-49-47-45-43-40-23-21-19-17-15-13-11-9-7-2/h8-11,14-17,20-23,25-26,43,45,49,51,62,66H,6-7,12-13,18-19,24,27-42,44,46-48,50,52-61H2,1-5H3/b10-8-,11-9-,16-14-,17-15-,22-20-,23-21-,26-25-,45-43-,51-49-. The summed E-state index contributed by atoms with van der Waals surface area (Å²) in [5.74, 6) is -2.37. The van der Waals surface area contributed by atoms with Gasteiger partial charge < -0.3 is 33.3 Å². The van der Waals surface area contributed by atoms with Crippen molar-refractivity contribution in [1.82, 2.24) is 0 Å². The van der Waals surface area contributed by atoms with Crippen LogP contribution < -0.4 is 5.11 Å². The van der Waals surface area contributed by atoms with E-state index in [4.69, 9.17) is 18.9 Å². The molecule has 2 atom stereocenters. The lowest BCUT2D eigenvalue weighted by Gasteiger charge is -2.26. The Morgan fingerprint density at radius 3 is 1.11 bits per heavy atom. The summed E-state index contributed by atoms with van der Waals surface area (Å²) in [4.78, 5) is 37.2. The molecule has 0 aliphatic heterocycles. The first-order chi connectivity index (χ1) is 36.6. The van der Waals surface area contributed by atoms with E-state index in [9.17, 15) is 19.5 Å². The summed E-state index contributed by atoms with van der Waals surface area (Å²) in [6.07, 6.45) is 74.6. The topological polar surface area (TPSA) is 111 Å². The van der Waals surface area contributed by atoms with Gasteiger partial charge in [0.05, 0.1) is 40.3 Å². The summed E-state index contributed by atoms with van der Waals surface area (Å²) in [7, 11) is 5.90. The average molecular weight is 1050 g/mol. The molecule has 0 radical (unpaired) electrons. The number of likely N-dealkylation sites (N-methyl/N-ethyl adjacent to an activating group) is 1. The molecule has 75 heavy (non-hydrogen) atoms. The Morgan fingerprint density at radius 2 is 0.733 bits per heavy atom. The fourth-order valence-corrected chi connectivity index (χ4v) is 7.98. The first-order valence-electron chi connectivity index (χ1n) is 30.0. The number of carboxylic acid groups (broad SMARTS) is 1. The van der Waals surface area contributed by atoms with Crippen LogP contribution in [0.3, 0.4) is 0 Å². The van der Waals surface area contributed by atoms with E-state index in [0.29, 0.717) is 23.9 Å². The molecule has 2 unspecified atom stereocenters. The van der Waals surface area contributed by atoms with Gasteiger partial charge in [0.2, 0.25) is 0 Å². The molecule has 0 heterocycles. The van der Waals surface area contributed by atoms with Crippen molar-refractivity contribution in [2.45, 2.75) is 245 Å². The van der Waals surface area contributed by atoms with E-state index in [0.717, 1.165) is 77.0 Å². The molecule has 0 spiro atoms. The Hall–Kier alpha value is -4.05. The molecule has 0 saturated heterocycles. The van der Waals surface area contributed by atoms with Gasteiger partial charge in [0.15, 0.2) is 12.4 Å². The van der Waals surface area contributed by atoms with Crippen molar-refractivity contribution in [1.29, 1.82) is 0 Å². The van der Waals surface area contributed by atoms with Crippen LogP contribution in [0.15, 0.2) is 109 Å². The quantitative estimate of drug-likeness (QED) is 0.0195. The highest BCUT2D eigenvalue weighted by Crippen LogP contribution is 2.16. The van der Waals surface area contributed by atoms with Crippen LogP contribution >= 0.6 is 0 Å². The fourth-order valence-electron chi connectivity index (χ4n) is 7.98. The maximum absolute atomic E-state index is 12.8. The second kappa shape index (κ2) is 56.2. The van der Waals surface area contributed by atoms with Crippen LogP contribution in [0.25, 0.3) is 0 Å². The second-order valence-electron chi connectivity index (χ2n) is 20.9. The molecule has 0 rings (SSSR count). The Morgan fingerprint density at radius 1 is 0.400 bits per heavy atom. The van der Waals surface area contributed by atoms with Crippen molar-refractivity contribution in [3.05, 3.63) is 109 Å². The molecule has 9 nitrogen and oxygen atoms in total. The van der Waals surface area contributed by atoms with Crippen LogP contribution in [0.4, 0.5) is 0 Å². The van der Waals surface area contributed by atoms with Crippen LogP contribution in [0, 0.1) is 0 Å². The minimum Gasteiger partial charge on any atom is -0.545 e. The molecule has 0 aliphatic carbocycles. The smallest absolute Gasteiger partial charge is 0.306 e. The molecule has 0 amide bonds. The molecule has 0 saturated carbocycles. The third-order valence-corrected chi connectivity index (χ3v) is 12.5. The zero-order chi connectivity index (χ0) is 54.8. The van der Waals surface area contributed by atoms with E-state index in [1.807, 2.05) is 21.1 Å². The lowest BCUT2D eigenvalue weighted by molar-refractivity contribution is -0.870. The lowest BCUT2D eigenvalue weighted by Crippen LogP contribution is -2.44. The van der Waals surface area contributed by atoms with Crippen molar-refractivity contribution in [3.63, 3.8) is 0 Å². The van der Waals surface area contributed by atoms with Crippen molar-refractivity contribution >= 4 is 17.9 Å². The van der Waals surface area contributed by atoms with E-state index >= 15 is 0 Å². The molecule has 0 N–H and O–H groups in total. The second-order valence-corrected chi connectivity index (χ2v) is 20.9. The van der Waals surface area contributed by atoms with Crippen LogP contribution in [-0.2, 0) is 33.3 Å². The summed E-state index contributed by atoms with van der Waals surface area (Å²) in [5.41, 5.74) is 0. The number of hydrogen-bond acceptors (Lipinski definition) is 8. The van der Waals surface area contributed by atoms with Gasteiger partial charge in [-0.05, 0) is 89.9 Å². The van der Waals surface area contributed by atoms with Gasteiger partial charge in [-0.1, -0.05) is 239 Å². The lowest BCUT2D eigenvalue weighted by atomic mass is 10.0. The number of carboxylic acids is 1. The number of hydrogen-bond donors (Lipinski definition) is 0. The summed E-state index contributed by atoms with van der Waals surface area (Å²) < 4.78 is 22.6. The highest BCUT2D eigenvalue weighted by atomic mass is 16.7. The van der Waals surface area contributed by atoms with Gasteiger partial charge in [-0.15, -0.1) is 0 Å². The monoisotopic (exact) mass is 1050 g/mol. The Bertz CT molecular complexity index is 1590. The number of esters is 2. The van der Waals surface area contributed by atoms with Crippen LogP contribution in [0.1, 0.15) is 232 Å². The summed E-state index contributed by atoms with van der Waals surface area (Å²) >= 11 is 0. The highest BCUT2D eigenvalue weighted by Gasteiger charge is 2.22. The maximum Gasteiger partial charge on any atom is 0.306 e. The molecule has 0 bridgehead atoms. The maximum atomic E-state index is 12.8. The molecule has 0 fully saturated rings. The predicted octanol–water partition coefficient (Wildman–Crippen LogP) is 16.6. The summed E-state index contributed by atoms with van der Waals surface area (Å²) in [5, 5.41) is 11.8. The Balaban J connectivity index is 4.15. The number of carbonyl (C=O) groups excluding carboxylic acids is 3. The molecule has 428 valence electrons. The van der Waals surface area contributed by atoms with Crippen molar-refractivity contribution in [2.24, 2.45) is 0 Å². The number of carbonyl (C=O) groups is 3. The van der Waals surface area contributed by atoms with Gasteiger partial charge in [-0.2, -0.15) is 0 Å². The van der Waals surface area contributed by atoms with E-state index in [1.165, 1.54) is 116 Å². The Labute approximate surface area is 460 Å². The summed E-state index contributed by atoms with van der Waals surface area (Å²) in [6, 6.07) is 0. The van der Waals surface area contributed by atoms with E-state index in [-0.39, 0.29) is 38.6 Å². The third-order valence-electron chi connectivity index (χ3n) is 12.5. The van der Waals surface area contributed by atoms with Gasteiger partial charge in [0.1, 0.15) is 13.2 Å². The average Bonchev–Trinajstić information content (AvgIpc) is 3.38. The zero-order valence-corrected chi connectivity index (χ0v) is 48.6. The molecule has 0 aromatic rings. The number of ether oxygens (including phenoxy) is 4. The van der Waals surface area contributed by atoms with Crippen LogP contribution in [-0.4, -0.2) is 82.3 Å². The normalized spacial score (nSPS) is 13.6. The van der Waals surface area contributed by atoms with Gasteiger partial charge in [0, 0.05) is 12.8 Å². The summed E-state index contributed by atoms with van der Waals surface area (Å²) in [6.45, 7) is 4.45. The van der Waals surface area contributed by atoms with Gasteiger partial charge in [-0.3, -0.25) is 9.59 Å². The van der Waals surface area contributed by atoms with Gasteiger partial charge in [0.25, 0.3) is 0 Å². The molecular formula is C66H111NO8. The van der Waals surface area contributed by atoms with Crippen molar-refractivity contribution in [3.8, 4) is 0 Å². The van der Waals surface area contributed by atoms with E-state index in [2.05, 4.69) is 123 Å². The molecule has 9 heteroatoms. The number of aliphatic carboxylic acids is 1. The third kappa shape index (κ3) is 57.5. The molecule has 0 aliphatic rings. The predicted molar refractivity (Wildman–Crippen MR) is 315 cm³/mol. The number of allylic oxidation sites excluding steroid dienone is 18. The highest BCUT2D eigenvalue weighted by molar-refractivity contribution is 5.70. The largest absolute Gasteiger partial charge is 0.545 e. The fraction of sp³-hybridized carbons (Fsp3) is 0.682. The first kappa shape index (κ1) is 71.0. The minimum atomic E-state index is -1.64. The van der Waals surface area contributed by atoms with Crippen LogP contribution in [0.2, 0.25) is 0 Å².